The third-order valence-corrected chi connectivity index (χ3v) is 2.82. The molecule has 0 aromatic heterocycles. The van der Waals surface area contributed by atoms with Gasteiger partial charge in [-0.2, -0.15) is 0 Å². The minimum Gasteiger partial charge on any atom is -0.481 e. The van der Waals surface area contributed by atoms with E-state index in [-0.39, 0.29) is 12.5 Å². The molecule has 0 spiro atoms. The fraction of sp³-hybridized carbons (Fsp3) is 0.364. The van der Waals surface area contributed by atoms with Gasteiger partial charge in [0.15, 0.2) is 0 Å². The minimum atomic E-state index is -0.826. The number of hydrogen-bond donors (Lipinski definition) is 1. The summed E-state index contributed by atoms with van der Waals surface area (Å²) < 4.78 is 0. The molecule has 1 rings (SSSR count). The van der Waals surface area contributed by atoms with E-state index in [0.29, 0.717) is 10.0 Å². The summed E-state index contributed by atoms with van der Waals surface area (Å²) in [6.07, 6.45) is 0.0701. The molecule has 1 aromatic carbocycles. The fourth-order valence-corrected chi connectivity index (χ4v) is 1.90. The largest absolute Gasteiger partial charge is 0.481 e. The molecule has 1 N–H and O–H groups in total. The van der Waals surface area contributed by atoms with E-state index in [9.17, 15) is 4.79 Å². The molecule has 0 saturated carbocycles. The van der Waals surface area contributed by atoms with E-state index in [1.165, 1.54) is 0 Å². The van der Waals surface area contributed by atoms with E-state index in [2.05, 4.69) is 0 Å². The highest BCUT2D eigenvalue weighted by atomic mass is 35.5. The predicted molar refractivity (Wildman–Crippen MR) is 66.6 cm³/mol. The fourth-order valence-electron chi connectivity index (χ4n) is 1.39. The molecule has 1 atom stereocenters. The lowest BCUT2D eigenvalue weighted by atomic mass is 10.2. The van der Waals surface area contributed by atoms with Crippen LogP contribution in [0.2, 0.25) is 10.0 Å². The monoisotopic (exact) mass is 261 g/mol. The summed E-state index contributed by atoms with van der Waals surface area (Å²) >= 11 is 11.8. The van der Waals surface area contributed by atoms with Crippen molar-refractivity contribution in [1.29, 1.82) is 0 Å². The molecule has 1 unspecified atom stereocenters. The number of anilines is 1. The maximum atomic E-state index is 10.6. The van der Waals surface area contributed by atoms with Crippen LogP contribution in [-0.4, -0.2) is 24.2 Å². The van der Waals surface area contributed by atoms with Crippen molar-refractivity contribution in [3.8, 4) is 0 Å². The second-order valence-corrected chi connectivity index (χ2v) is 4.56. The Morgan fingerprint density at radius 1 is 1.38 bits per heavy atom. The first-order chi connectivity index (χ1) is 7.40. The minimum absolute atomic E-state index is 0.0701. The van der Waals surface area contributed by atoms with Crippen LogP contribution in [-0.2, 0) is 4.79 Å². The van der Waals surface area contributed by atoms with E-state index in [1.807, 2.05) is 18.9 Å². The normalized spacial score (nSPS) is 12.2. The maximum absolute atomic E-state index is 10.6. The lowest BCUT2D eigenvalue weighted by Gasteiger charge is -2.26. The smallest absolute Gasteiger partial charge is 0.305 e. The molecule has 0 amide bonds. The van der Waals surface area contributed by atoms with E-state index in [0.717, 1.165) is 5.69 Å². The van der Waals surface area contributed by atoms with E-state index < -0.39 is 5.97 Å². The molecular weight excluding hydrogens is 249 g/mol. The molecule has 1 aromatic rings. The maximum Gasteiger partial charge on any atom is 0.305 e. The van der Waals surface area contributed by atoms with Gasteiger partial charge in [0.1, 0.15) is 0 Å². The van der Waals surface area contributed by atoms with Gasteiger partial charge in [0.2, 0.25) is 0 Å². The highest BCUT2D eigenvalue weighted by molar-refractivity contribution is 6.35. The van der Waals surface area contributed by atoms with E-state index in [1.54, 1.807) is 18.2 Å². The van der Waals surface area contributed by atoms with E-state index in [4.69, 9.17) is 28.3 Å². The van der Waals surface area contributed by atoms with Crippen molar-refractivity contribution in [2.24, 2.45) is 0 Å². The first-order valence-corrected chi connectivity index (χ1v) is 5.56. The standard InChI is InChI=1S/C11H13Cl2NO2/c1-7(3-11(15)16)14(2)10-5-8(12)4-9(13)6-10/h4-7H,3H2,1-2H3,(H,15,16). The van der Waals surface area contributed by atoms with Crippen LogP contribution in [0.15, 0.2) is 18.2 Å². The predicted octanol–water partition coefficient (Wildman–Crippen LogP) is 3.29. The van der Waals surface area contributed by atoms with Crippen molar-refractivity contribution in [2.75, 3.05) is 11.9 Å². The Balaban J connectivity index is 2.86. The number of benzene rings is 1. The highest BCUT2D eigenvalue weighted by Crippen LogP contribution is 2.26. The molecule has 0 radical (unpaired) electrons. The number of halogens is 2. The average Bonchev–Trinajstić information content (AvgIpc) is 2.13. The Morgan fingerprint density at radius 2 is 1.88 bits per heavy atom. The van der Waals surface area contributed by atoms with Crippen molar-refractivity contribution in [1.82, 2.24) is 0 Å². The summed E-state index contributed by atoms with van der Waals surface area (Å²) in [5, 5.41) is 9.79. The topological polar surface area (TPSA) is 40.5 Å². The SMILES string of the molecule is CC(CC(=O)O)N(C)c1cc(Cl)cc(Cl)c1. The van der Waals surface area contributed by atoms with Gasteiger partial charge in [0, 0.05) is 28.8 Å². The highest BCUT2D eigenvalue weighted by Gasteiger charge is 2.14. The summed E-state index contributed by atoms with van der Waals surface area (Å²) in [6, 6.07) is 5.03. The van der Waals surface area contributed by atoms with Crippen LogP contribution in [0.5, 0.6) is 0 Å². The van der Waals surface area contributed by atoms with Gasteiger partial charge in [-0.3, -0.25) is 4.79 Å². The van der Waals surface area contributed by atoms with Gasteiger partial charge in [-0.05, 0) is 25.1 Å². The van der Waals surface area contributed by atoms with Gasteiger partial charge in [0.25, 0.3) is 0 Å². The van der Waals surface area contributed by atoms with Gasteiger partial charge in [-0.25, -0.2) is 0 Å². The summed E-state index contributed by atoms with van der Waals surface area (Å²) in [6.45, 7) is 1.84. The Kier molecular flexibility index (Phi) is 4.44. The second-order valence-electron chi connectivity index (χ2n) is 3.69. The summed E-state index contributed by atoms with van der Waals surface area (Å²) in [7, 11) is 1.82. The van der Waals surface area contributed by atoms with Crippen molar-refractivity contribution in [2.45, 2.75) is 19.4 Å². The zero-order valence-electron chi connectivity index (χ0n) is 9.08. The number of carbonyl (C=O) groups is 1. The summed E-state index contributed by atoms with van der Waals surface area (Å²) in [4.78, 5) is 12.4. The Hall–Kier alpha value is -0.930. The molecule has 88 valence electrons. The zero-order valence-corrected chi connectivity index (χ0v) is 10.6. The molecule has 0 fully saturated rings. The average molecular weight is 262 g/mol. The number of rotatable bonds is 4. The van der Waals surface area contributed by atoms with Gasteiger partial charge < -0.3 is 10.0 Å². The van der Waals surface area contributed by atoms with Crippen LogP contribution in [0, 0.1) is 0 Å². The van der Waals surface area contributed by atoms with E-state index >= 15 is 0 Å². The number of hydrogen-bond acceptors (Lipinski definition) is 2. The second kappa shape index (κ2) is 5.41. The van der Waals surface area contributed by atoms with Crippen LogP contribution in [0.1, 0.15) is 13.3 Å². The van der Waals surface area contributed by atoms with Crippen molar-refractivity contribution < 1.29 is 9.90 Å². The Morgan fingerprint density at radius 3 is 2.31 bits per heavy atom. The Labute approximate surface area is 105 Å². The Bertz CT molecular complexity index is 375. The lowest BCUT2D eigenvalue weighted by molar-refractivity contribution is -0.137. The van der Waals surface area contributed by atoms with Gasteiger partial charge in [-0.1, -0.05) is 23.2 Å². The van der Waals surface area contributed by atoms with Crippen LogP contribution in [0.25, 0.3) is 0 Å². The first-order valence-electron chi connectivity index (χ1n) is 4.81. The van der Waals surface area contributed by atoms with Crippen LogP contribution in [0.3, 0.4) is 0 Å². The molecule has 0 aliphatic carbocycles. The van der Waals surface area contributed by atoms with Gasteiger partial charge in [-0.15, -0.1) is 0 Å². The molecule has 16 heavy (non-hydrogen) atoms. The molecule has 0 aliphatic heterocycles. The third-order valence-electron chi connectivity index (χ3n) is 2.39. The quantitative estimate of drug-likeness (QED) is 0.905. The number of carboxylic acid groups (broad SMARTS) is 1. The van der Waals surface area contributed by atoms with Crippen LogP contribution < -0.4 is 4.90 Å². The zero-order chi connectivity index (χ0) is 12.3. The third kappa shape index (κ3) is 3.58. The summed E-state index contributed by atoms with van der Waals surface area (Å²) in [5.41, 5.74) is 0.811. The molecule has 0 aliphatic rings. The van der Waals surface area contributed by atoms with Crippen LogP contribution in [0.4, 0.5) is 5.69 Å². The lowest BCUT2D eigenvalue weighted by Crippen LogP contribution is -2.30. The molecule has 3 nitrogen and oxygen atoms in total. The van der Waals surface area contributed by atoms with Crippen molar-refractivity contribution in [3.05, 3.63) is 28.2 Å². The van der Waals surface area contributed by atoms with Crippen molar-refractivity contribution >= 4 is 34.9 Å². The van der Waals surface area contributed by atoms with Gasteiger partial charge in [0.05, 0.1) is 6.42 Å². The molecular formula is C11H13Cl2NO2. The summed E-state index contributed by atoms with van der Waals surface area (Å²) in [5.74, 6) is -0.826. The number of carboxylic acids is 1. The first kappa shape index (κ1) is 13.1. The number of nitrogens with zero attached hydrogens (tertiary/aromatic N) is 1. The number of aliphatic carboxylic acids is 1. The molecule has 5 heteroatoms. The molecule has 0 heterocycles. The van der Waals surface area contributed by atoms with Crippen molar-refractivity contribution in [3.63, 3.8) is 0 Å². The molecule has 0 saturated heterocycles. The van der Waals surface area contributed by atoms with Gasteiger partial charge >= 0.3 is 5.97 Å². The molecule has 0 bridgehead atoms. The van der Waals surface area contributed by atoms with Crippen LogP contribution >= 0.6 is 23.2 Å².